The van der Waals surface area contributed by atoms with Crippen molar-refractivity contribution in [3.8, 4) is 16.9 Å². The molecule has 0 aliphatic carbocycles. The first-order valence-corrected chi connectivity index (χ1v) is 12.7. The Hall–Kier alpha value is -4.59. The Morgan fingerprint density at radius 2 is 1.55 bits per heavy atom. The van der Waals surface area contributed by atoms with E-state index in [9.17, 15) is 9.59 Å². The number of carbonyl (C=O) groups is 2. The predicted octanol–water partition coefficient (Wildman–Crippen LogP) is 5.63. The topological polar surface area (TPSA) is 105 Å². The Kier molecular flexibility index (Phi) is 7.40. The molecule has 192 valence electrons. The average molecular weight is 509 g/mol. The summed E-state index contributed by atoms with van der Waals surface area (Å²) in [6.45, 7) is 2.77. The minimum absolute atomic E-state index is 0.118. The van der Waals surface area contributed by atoms with Crippen molar-refractivity contribution in [3.05, 3.63) is 90.3 Å². The number of carboxylic acid groups (broad SMARTS) is 1. The Morgan fingerprint density at radius 1 is 0.895 bits per heavy atom. The third-order valence-corrected chi connectivity index (χ3v) is 6.48. The van der Waals surface area contributed by atoms with Crippen molar-refractivity contribution in [3.63, 3.8) is 0 Å². The zero-order valence-corrected chi connectivity index (χ0v) is 21.1. The number of fused-ring (bicyclic) bond motifs is 1. The number of hydrazone groups is 1. The summed E-state index contributed by atoms with van der Waals surface area (Å²) >= 11 is 0. The number of carbonyl (C=O) groups excluding carboxylic acids is 1. The molecule has 1 aliphatic rings. The first-order chi connectivity index (χ1) is 18.5. The van der Waals surface area contributed by atoms with Gasteiger partial charge in [-0.1, -0.05) is 49.4 Å². The Labute approximate surface area is 220 Å². The van der Waals surface area contributed by atoms with Crippen molar-refractivity contribution in [2.45, 2.75) is 38.6 Å². The third-order valence-electron chi connectivity index (χ3n) is 6.48. The van der Waals surface area contributed by atoms with Crippen LogP contribution in [0, 0.1) is 0 Å². The number of hydrogen-bond acceptors (Lipinski definition) is 6. The van der Waals surface area contributed by atoms with Crippen LogP contribution in [0.15, 0.2) is 84.2 Å². The van der Waals surface area contributed by atoms with Crippen LogP contribution in [-0.2, 0) is 9.59 Å². The van der Waals surface area contributed by atoms with Crippen molar-refractivity contribution in [2.75, 3.05) is 6.61 Å². The van der Waals surface area contributed by atoms with Crippen LogP contribution in [0.4, 0.5) is 0 Å². The van der Waals surface area contributed by atoms with E-state index in [0.29, 0.717) is 13.0 Å². The van der Waals surface area contributed by atoms with Gasteiger partial charge < -0.3 is 9.84 Å². The van der Waals surface area contributed by atoms with Gasteiger partial charge in [-0.2, -0.15) is 5.10 Å². The number of benzene rings is 3. The minimum Gasteiger partial charge on any atom is -0.494 e. The molecule has 0 saturated heterocycles. The summed E-state index contributed by atoms with van der Waals surface area (Å²) in [4.78, 5) is 32.8. The Balaban J connectivity index is 1.39. The van der Waals surface area contributed by atoms with Gasteiger partial charge in [-0.25, -0.2) is 5.01 Å². The van der Waals surface area contributed by atoms with E-state index in [1.54, 1.807) is 12.4 Å². The van der Waals surface area contributed by atoms with Gasteiger partial charge >= 0.3 is 5.97 Å². The minimum atomic E-state index is -1.01. The van der Waals surface area contributed by atoms with Crippen molar-refractivity contribution in [1.29, 1.82) is 0 Å². The van der Waals surface area contributed by atoms with Gasteiger partial charge in [-0.05, 0) is 52.9 Å². The molecule has 0 bridgehead atoms. The van der Waals surface area contributed by atoms with E-state index in [1.807, 2.05) is 66.7 Å². The molecular weight excluding hydrogens is 480 g/mol. The number of carboxylic acids is 1. The molecule has 1 atom stereocenters. The van der Waals surface area contributed by atoms with Gasteiger partial charge in [0.15, 0.2) is 0 Å². The van der Waals surface area contributed by atoms with Crippen molar-refractivity contribution in [1.82, 2.24) is 15.0 Å². The quantitative estimate of drug-likeness (QED) is 0.314. The molecule has 1 aliphatic heterocycles. The molecule has 8 heteroatoms. The van der Waals surface area contributed by atoms with Crippen LogP contribution >= 0.6 is 0 Å². The third kappa shape index (κ3) is 5.54. The standard InChI is InChI=1S/C30H28N4O4/c1-2-17-38-24-10-7-21(8-11-24)20-3-5-22(6-4-20)26-19-28(34(33-26)29(35)13-14-30(36)37)23-9-12-25-27(18-23)32-16-15-31-25/h3-12,15-16,18,28H,2,13-14,17,19H2,1H3,(H,36,37). The first kappa shape index (κ1) is 25.1. The highest BCUT2D eigenvalue weighted by atomic mass is 16.5. The fourth-order valence-corrected chi connectivity index (χ4v) is 4.51. The van der Waals surface area contributed by atoms with Crippen LogP contribution in [0.25, 0.3) is 22.2 Å². The van der Waals surface area contributed by atoms with Crippen molar-refractivity contribution < 1.29 is 19.4 Å². The van der Waals surface area contributed by atoms with Gasteiger partial charge in [0.25, 0.3) is 0 Å². The lowest BCUT2D eigenvalue weighted by molar-refractivity contribution is -0.141. The molecule has 0 saturated carbocycles. The van der Waals surface area contributed by atoms with Crippen LogP contribution in [0.2, 0.25) is 0 Å². The molecule has 38 heavy (non-hydrogen) atoms. The number of rotatable bonds is 9. The summed E-state index contributed by atoms with van der Waals surface area (Å²) in [5.74, 6) is -0.487. The van der Waals surface area contributed by atoms with Gasteiger partial charge in [-0.15, -0.1) is 0 Å². The largest absolute Gasteiger partial charge is 0.494 e. The highest BCUT2D eigenvalue weighted by Crippen LogP contribution is 2.35. The highest BCUT2D eigenvalue weighted by Gasteiger charge is 2.33. The Bertz CT molecular complexity index is 1480. The van der Waals surface area contributed by atoms with E-state index < -0.39 is 5.97 Å². The fourth-order valence-electron chi connectivity index (χ4n) is 4.51. The molecule has 5 rings (SSSR count). The average Bonchev–Trinajstić information content (AvgIpc) is 3.41. The van der Waals surface area contributed by atoms with Gasteiger partial charge in [0, 0.05) is 25.2 Å². The van der Waals surface area contributed by atoms with Crippen LogP contribution in [0.5, 0.6) is 5.75 Å². The summed E-state index contributed by atoms with van der Waals surface area (Å²) < 4.78 is 5.67. The molecule has 3 aromatic carbocycles. The van der Waals surface area contributed by atoms with E-state index in [-0.39, 0.29) is 24.8 Å². The maximum Gasteiger partial charge on any atom is 0.303 e. The number of ether oxygens (including phenoxy) is 1. The molecule has 0 radical (unpaired) electrons. The molecule has 8 nitrogen and oxygen atoms in total. The van der Waals surface area contributed by atoms with E-state index in [0.717, 1.165) is 51.2 Å². The number of aromatic nitrogens is 2. The maximum atomic E-state index is 13.0. The summed E-state index contributed by atoms with van der Waals surface area (Å²) in [5.41, 5.74) is 6.19. The molecule has 1 aromatic heterocycles. The normalized spacial score (nSPS) is 14.9. The van der Waals surface area contributed by atoms with Crippen LogP contribution < -0.4 is 4.74 Å². The lowest BCUT2D eigenvalue weighted by Crippen LogP contribution is -2.27. The molecule has 2 heterocycles. The van der Waals surface area contributed by atoms with E-state index in [4.69, 9.17) is 9.84 Å². The monoisotopic (exact) mass is 508 g/mol. The van der Waals surface area contributed by atoms with E-state index >= 15 is 0 Å². The lowest BCUT2D eigenvalue weighted by atomic mass is 9.96. The molecule has 0 spiro atoms. The van der Waals surface area contributed by atoms with Crippen molar-refractivity contribution >= 4 is 28.6 Å². The number of nitrogens with zero attached hydrogens (tertiary/aromatic N) is 4. The number of amides is 1. The lowest BCUT2D eigenvalue weighted by Gasteiger charge is -2.22. The van der Waals surface area contributed by atoms with E-state index in [2.05, 4.69) is 22.0 Å². The molecule has 4 aromatic rings. The second kappa shape index (κ2) is 11.2. The fraction of sp³-hybridized carbons (Fsp3) is 0.233. The van der Waals surface area contributed by atoms with Crippen LogP contribution in [0.1, 0.15) is 49.8 Å². The van der Waals surface area contributed by atoms with Crippen LogP contribution in [0.3, 0.4) is 0 Å². The van der Waals surface area contributed by atoms with Crippen LogP contribution in [-0.4, -0.2) is 44.3 Å². The smallest absolute Gasteiger partial charge is 0.303 e. The first-order valence-electron chi connectivity index (χ1n) is 12.7. The van der Waals surface area contributed by atoms with E-state index in [1.165, 1.54) is 5.01 Å². The van der Waals surface area contributed by atoms with Gasteiger partial charge in [-0.3, -0.25) is 19.6 Å². The van der Waals surface area contributed by atoms with Crippen molar-refractivity contribution in [2.24, 2.45) is 5.10 Å². The molecule has 0 fully saturated rings. The number of hydrogen-bond donors (Lipinski definition) is 1. The zero-order chi connectivity index (χ0) is 26.5. The summed E-state index contributed by atoms with van der Waals surface area (Å²) in [7, 11) is 0. The maximum absolute atomic E-state index is 13.0. The second-order valence-electron chi connectivity index (χ2n) is 9.15. The van der Waals surface area contributed by atoms with Gasteiger partial charge in [0.2, 0.25) is 5.91 Å². The zero-order valence-electron chi connectivity index (χ0n) is 21.1. The molecule has 1 amide bonds. The Morgan fingerprint density at radius 3 is 2.24 bits per heavy atom. The molecule has 1 N–H and O–H groups in total. The van der Waals surface area contributed by atoms with Gasteiger partial charge in [0.05, 0.1) is 35.8 Å². The van der Waals surface area contributed by atoms with Gasteiger partial charge in [0.1, 0.15) is 5.75 Å². The summed E-state index contributed by atoms with van der Waals surface area (Å²) in [5, 5.41) is 15.2. The molecular formula is C30H28N4O4. The predicted molar refractivity (Wildman–Crippen MR) is 145 cm³/mol. The summed E-state index contributed by atoms with van der Waals surface area (Å²) in [6.07, 6.45) is 4.38. The number of aliphatic carboxylic acids is 1. The molecule has 1 unspecified atom stereocenters. The SMILES string of the molecule is CCCOc1ccc(-c2ccc(C3=NN(C(=O)CCC(=O)O)C(c4ccc5nccnc5c4)C3)cc2)cc1. The highest BCUT2D eigenvalue weighted by molar-refractivity contribution is 6.03. The second-order valence-corrected chi connectivity index (χ2v) is 9.15. The summed E-state index contributed by atoms with van der Waals surface area (Å²) in [6, 6.07) is 21.5.